The third-order valence-corrected chi connectivity index (χ3v) is 9.28. The molecule has 3 aromatic carbocycles. The van der Waals surface area contributed by atoms with Crippen molar-refractivity contribution in [2.45, 2.75) is 69.3 Å². The number of methoxy groups -OCH3 is 1. The van der Waals surface area contributed by atoms with Crippen molar-refractivity contribution in [1.82, 2.24) is 9.62 Å². The van der Waals surface area contributed by atoms with Crippen molar-refractivity contribution >= 4 is 17.1 Å². The molecule has 256 valence electrons. The fourth-order valence-corrected chi connectivity index (χ4v) is 6.51. The summed E-state index contributed by atoms with van der Waals surface area (Å²) in [5.41, 5.74) is 9.05. The number of nitrogens with zero attached hydrogens (tertiary/aromatic N) is 1. The fourth-order valence-electron chi connectivity index (χ4n) is 5.19. The lowest BCUT2D eigenvalue weighted by atomic mass is 10.0. The van der Waals surface area contributed by atoms with Crippen LogP contribution in [0.15, 0.2) is 83.8 Å². The topological polar surface area (TPSA) is 142 Å². The number of aliphatic hydroxyl groups is 1. The first-order valence-corrected chi connectivity index (χ1v) is 16.9. The van der Waals surface area contributed by atoms with E-state index in [-0.39, 0.29) is 44.9 Å². The van der Waals surface area contributed by atoms with Gasteiger partial charge in [0.05, 0.1) is 30.3 Å². The van der Waals surface area contributed by atoms with Gasteiger partial charge < -0.3 is 39.8 Å². The van der Waals surface area contributed by atoms with E-state index in [1.54, 1.807) is 35.7 Å². The van der Waals surface area contributed by atoms with Crippen LogP contribution in [0.2, 0.25) is 0 Å². The van der Waals surface area contributed by atoms with Crippen molar-refractivity contribution in [3.8, 4) is 5.75 Å². The molecule has 1 saturated heterocycles. The minimum Gasteiger partial charge on any atom is -0.468 e. The maximum atomic E-state index is 13.6. The lowest BCUT2D eigenvalue weighted by Gasteiger charge is -2.30. The maximum absolute atomic E-state index is 13.6. The minimum absolute atomic E-state index is 0.0123. The summed E-state index contributed by atoms with van der Waals surface area (Å²) < 4.78 is 43.1. The van der Waals surface area contributed by atoms with E-state index >= 15 is 0 Å². The SMILES string of the molecule is COC1OCC(OC(=O)NC(Cc2ccc(OCOCc3ccccc3)cc2)C(O)CN(CC(C)N)S(=O)c2ccc(C)cc2)C1C. The van der Waals surface area contributed by atoms with Crippen LogP contribution in [0.1, 0.15) is 30.5 Å². The summed E-state index contributed by atoms with van der Waals surface area (Å²) >= 11 is 0. The zero-order valence-corrected chi connectivity index (χ0v) is 28.3. The van der Waals surface area contributed by atoms with Gasteiger partial charge in [0.15, 0.2) is 13.1 Å². The number of aryl methyl sites for hydroxylation is 1. The number of aliphatic hydroxyl groups excluding tert-OH is 1. The van der Waals surface area contributed by atoms with Crippen LogP contribution in [0.5, 0.6) is 5.75 Å². The highest BCUT2D eigenvalue weighted by Crippen LogP contribution is 2.24. The van der Waals surface area contributed by atoms with E-state index < -0.39 is 41.6 Å². The molecule has 7 atom stereocenters. The summed E-state index contributed by atoms with van der Waals surface area (Å²) in [6.45, 7) is 6.63. The summed E-state index contributed by atoms with van der Waals surface area (Å²) in [6, 6.07) is 23.4. The highest BCUT2D eigenvalue weighted by Gasteiger charge is 2.37. The Morgan fingerprint density at radius 2 is 1.77 bits per heavy atom. The molecule has 1 aliphatic heterocycles. The van der Waals surface area contributed by atoms with Gasteiger partial charge in [-0.3, -0.25) is 0 Å². The van der Waals surface area contributed by atoms with Crippen molar-refractivity contribution in [2.75, 3.05) is 33.6 Å². The first-order valence-electron chi connectivity index (χ1n) is 15.7. The Balaban J connectivity index is 1.43. The quantitative estimate of drug-likeness (QED) is 0.144. The number of hydrogen-bond acceptors (Lipinski definition) is 9. The first kappa shape index (κ1) is 36.5. The van der Waals surface area contributed by atoms with E-state index in [0.29, 0.717) is 17.3 Å². The Hall–Kier alpha value is -3.36. The van der Waals surface area contributed by atoms with Gasteiger partial charge >= 0.3 is 6.09 Å². The second-order valence-electron chi connectivity index (χ2n) is 11.9. The zero-order chi connectivity index (χ0) is 33.8. The summed E-state index contributed by atoms with van der Waals surface area (Å²) in [5, 5.41) is 14.4. The second-order valence-corrected chi connectivity index (χ2v) is 13.4. The molecule has 0 aliphatic carbocycles. The highest BCUT2D eigenvalue weighted by atomic mass is 32.2. The number of rotatable bonds is 17. The highest BCUT2D eigenvalue weighted by molar-refractivity contribution is 7.82. The number of carbonyl (C=O) groups excluding carboxylic acids is 1. The normalized spacial score (nSPS) is 20.4. The van der Waals surface area contributed by atoms with Gasteiger partial charge in [-0.1, -0.05) is 67.1 Å². The Kier molecular flexibility index (Phi) is 14.2. The second kappa shape index (κ2) is 18.3. The van der Waals surface area contributed by atoms with Crippen molar-refractivity contribution < 1.29 is 37.8 Å². The Morgan fingerprint density at radius 1 is 1.06 bits per heavy atom. The van der Waals surface area contributed by atoms with Gasteiger partial charge in [0.25, 0.3) is 0 Å². The number of amides is 1. The molecule has 0 radical (unpaired) electrons. The number of hydrogen-bond donors (Lipinski definition) is 3. The number of nitrogens with one attached hydrogen (secondary N) is 1. The lowest BCUT2D eigenvalue weighted by Crippen LogP contribution is -2.51. The van der Waals surface area contributed by atoms with E-state index in [4.69, 9.17) is 29.4 Å². The van der Waals surface area contributed by atoms with Crippen LogP contribution in [-0.4, -0.2) is 83.9 Å². The van der Waals surface area contributed by atoms with Crippen molar-refractivity contribution in [3.05, 3.63) is 95.6 Å². The molecular formula is C35H47N3O8S. The molecule has 4 rings (SSSR count). The van der Waals surface area contributed by atoms with E-state index in [2.05, 4.69) is 5.32 Å². The molecule has 12 heteroatoms. The standard InChI is InChI=1S/C35H47N3O8S/c1-24-10-16-30(17-11-24)47(41)38(19-25(2)36)20-32(39)31(37-35(40)46-33-22-44-34(42-4)26(33)3)18-27-12-14-29(15-13-27)45-23-43-21-28-8-6-5-7-9-28/h5-17,25-26,31-34,39H,18-23,36H2,1-4H3,(H,37,40). The Bertz CT molecular complexity index is 1390. The van der Waals surface area contributed by atoms with E-state index in [0.717, 1.165) is 16.7 Å². The van der Waals surface area contributed by atoms with Gasteiger partial charge in [0, 0.05) is 32.2 Å². The molecule has 4 N–H and O–H groups in total. The summed E-state index contributed by atoms with van der Waals surface area (Å²) in [5.74, 6) is 0.447. The van der Waals surface area contributed by atoms with Crippen molar-refractivity contribution in [2.24, 2.45) is 11.7 Å². The van der Waals surface area contributed by atoms with Crippen molar-refractivity contribution in [1.29, 1.82) is 0 Å². The largest absolute Gasteiger partial charge is 0.468 e. The molecule has 7 unspecified atom stereocenters. The number of nitrogens with two attached hydrogens (primary N) is 1. The summed E-state index contributed by atoms with van der Waals surface area (Å²) in [6.07, 6.45) is -2.53. The third-order valence-electron chi connectivity index (χ3n) is 7.84. The Labute approximate surface area is 279 Å². The van der Waals surface area contributed by atoms with Gasteiger partial charge in [-0.15, -0.1) is 0 Å². The number of ether oxygens (including phenoxy) is 5. The van der Waals surface area contributed by atoms with Crippen LogP contribution in [-0.2, 0) is 43.0 Å². The maximum Gasteiger partial charge on any atom is 0.407 e. The number of alkyl carbamates (subject to hydrolysis) is 1. The van der Waals surface area contributed by atoms with Crippen LogP contribution in [0, 0.1) is 12.8 Å². The molecule has 0 spiro atoms. The summed E-state index contributed by atoms with van der Waals surface area (Å²) in [4.78, 5) is 13.7. The van der Waals surface area contributed by atoms with E-state index in [9.17, 15) is 14.1 Å². The number of benzene rings is 3. The molecule has 1 heterocycles. The van der Waals surface area contributed by atoms with Crippen LogP contribution < -0.4 is 15.8 Å². The fraction of sp³-hybridized carbons (Fsp3) is 0.457. The van der Waals surface area contributed by atoms with Crippen LogP contribution in [0.25, 0.3) is 0 Å². The van der Waals surface area contributed by atoms with Gasteiger partial charge in [-0.2, -0.15) is 0 Å². The monoisotopic (exact) mass is 669 g/mol. The lowest BCUT2D eigenvalue weighted by molar-refractivity contribution is -0.107. The predicted molar refractivity (Wildman–Crippen MR) is 179 cm³/mol. The molecule has 1 aliphatic rings. The summed E-state index contributed by atoms with van der Waals surface area (Å²) in [7, 11) is -0.0489. The predicted octanol–water partition coefficient (Wildman–Crippen LogP) is 3.93. The van der Waals surface area contributed by atoms with Gasteiger partial charge in [0.2, 0.25) is 0 Å². The van der Waals surface area contributed by atoms with Crippen LogP contribution >= 0.6 is 0 Å². The molecule has 11 nitrogen and oxygen atoms in total. The van der Waals surface area contributed by atoms with Gasteiger partial charge in [-0.25, -0.2) is 13.3 Å². The van der Waals surface area contributed by atoms with Gasteiger partial charge in [0.1, 0.15) is 22.8 Å². The zero-order valence-electron chi connectivity index (χ0n) is 27.5. The minimum atomic E-state index is -1.59. The Morgan fingerprint density at radius 3 is 2.40 bits per heavy atom. The first-order chi connectivity index (χ1) is 22.6. The molecule has 3 aromatic rings. The van der Waals surface area contributed by atoms with Crippen LogP contribution in [0.4, 0.5) is 4.79 Å². The van der Waals surface area contributed by atoms with E-state index in [1.165, 1.54) is 0 Å². The number of carbonyl (C=O) groups is 1. The molecule has 0 bridgehead atoms. The molecule has 1 fully saturated rings. The average Bonchev–Trinajstić information content (AvgIpc) is 3.41. The average molecular weight is 670 g/mol. The molecule has 0 aromatic heterocycles. The smallest absolute Gasteiger partial charge is 0.407 e. The molecule has 0 saturated carbocycles. The molecule has 1 amide bonds. The van der Waals surface area contributed by atoms with Crippen LogP contribution in [0.3, 0.4) is 0 Å². The third kappa shape index (κ3) is 11.4. The molecular weight excluding hydrogens is 622 g/mol. The molecule has 47 heavy (non-hydrogen) atoms. The van der Waals surface area contributed by atoms with E-state index in [1.807, 2.05) is 75.4 Å². The van der Waals surface area contributed by atoms with Gasteiger partial charge in [-0.05, 0) is 55.7 Å². The van der Waals surface area contributed by atoms with Crippen molar-refractivity contribution in [3.63, 3.8) is 0 Å².